The van der Waals surface area contributed by atoms with E-state index in [0.29, 0.717) is 11.0 Å². The second-order valence-electron chi connectivity index (χ2n) is 6.80. The fraction of sp³-hybridized carbons (Fsp3) is 0.368. The first kappa shape index (κ1) is 17.8. The smallest absolute Gasteiger partial charge is 0.264 e. The highest BCUT2D eigenvalue weighted by Gasteiger charge is 2.21. The van der Waals surface area contributed by atoms with E-state index in [9.17, 15) is 9.59 Å². The monoisotopic (exact) mass is 353 g/mol. The molecule has 1 amide bonds. The molecule has 0 atom stereocenters. The van der Waals surface area contributed by atoms with E-state index >= 15 is 0 Å². The molecule has 0 radical (unpaired) electrons. The molecule has 0 aliphatic heterocycles. The van der Waals surface area contributed by atoms with Crippen LogP contribution in [0.5, 0.6) is 0 Å². The second kappa shape index (κ2) is 7.11. The van der Waals surface area contributed by atoms with Gasteiger partial charge in [0, 0.05) is 12.1 Å². The first-order valence-electron chi connectivity index (χ1n) is 8.70. The molecule has 0 aliphatic rings. The van der Waals surface area contributed by atoms with Crippen LogP contribution in [0.2, 0.25) is 0 Å². The molecular formula is C19H23N5O2. The molecule has 2 aromatic heterocycles. The fourth-order valence-corrected chi connectivity index (χ4v) is 3.22. The number of carbonyl (C=O) groups excluding carboxylic acids is 1. The van der Waals surface area contributed by atoms with Gasteiger partial charge >= 0.3 is 0 Å². The Morgan fingerprint density at radius 2 is 1.77 bits per heavy atom. The molecule has 136 valence electrons. The van der Waals surface area contributed by atoms with Crippen LogP contribution in [0, 0.1) is 0 Å². The van der Waals surface area contributed by atoms with Crippen molar-refractivity contribution in [2.24, 2.45) is 0 Å². The van der Waals surface area contributed by atoms with E-state index in [-0.39, 0.29) is 30.1 Å². The molecule has 3 rings (SSSR count). The molecule has 0 aliphatic carbocycles. The number of carbonyl (C=O) groups is 1. The lowest BCUT2D eigenvalue weighted by Gasteiger charge is -2.30. The number of fused-ring (bicyclic) bond motifs is 1. The number of benzene rings is 1. The van der Waals surface area contributed by atoms with Gasteiger partial charge in [0.25, 0.3) is 5.56 Å². The van der Waals surface area contributed by atoms with E-state index in [0.717, 1.165) is 5.69 Å². The molecule has 1 aromatic carbocycles. The van der Waals surface area contributed by atoms with Gasteiger partial charge in [-0.2, -0.15) is 5.10 Å². The Bertz CT molecular complexity index is 965. The minimum absolute atomic E-state index is 0.0331. The summed E-state index contributed by atoms with van der Waals surface area (Å²) in [5.41, 5.74) is 1.04. The molecule has 0 unspecified atom stereocenters. The first-order chi connectivity index (χ1) is 12.4. The highest BCUT2D eigenvalue weighted by Crippen LogP contribution is 2.13. The van der Waals surface area contributed by atoms with Crippen LogP contribution in [0.1, 0.15) is 27.7 Å². The number of para-hydroxylation sites is 1. The second-order valence-corrected chi connectivity index (χ2v) is 6.80. The molecule has 3 aromatic rings. The normalized spacial score (nSPS) is 11.5. The van der Waals surface area contributed by atoms with Crippen LogP contribution >= 0.6 is 0 Å². The standard InChI is InChI=1S/C19H23N5O2/c1-13(2)23(14(3)4)17(25)11-22-12-20-18-16(19(22)26)10-21-24(18)15-8-6-5-7-9-15/h5-10,12-14H,11H2,1-4H3. The summed E-state index contributed by atoms with van der Waals surface area (Å²) in [7, 11) is 0. The van der Waals surface area contributed by atoms with Crippen molar-refractivity contribution in [2.75, 3.05) is 0 Å². The van der Waals surface area contributed by atoms with Crippen molar-refractivity contribution in [1.82, 2.24) is 24.2 Å². The van der Waals surface area contributed by atoms with Crippen molar-refractivity contribution in [3.63, 3.8) is 0 Å². The Morgan fingerprint density at radius 3 is 2.38 bits per heavy atom. The largest absolute Gasteiger partial charge is 0.336 e. The Hall–Kier alpha value is -2.96. The molecule has 26 heavy (non-hydrogen) atoms. The molecule has 2 heterocycles. The van der Waals surface area contributed by atoms with E-state index in [4.69, 9.17) is 0 Å². The maximum absolute atomic E-state index is 12.8. The Morgan fingerprint density at radius 1 is 1.12 bits per heavy atom. The summed E-state index contributed by atoms with van der Waals surface area (Å²) in [6, 6.07) is 9.63. The molecule has 0 saturated heterocycles. The van der Waals surface area contributed by atoms with Crippen LogP contribution < -0.4 is 5.56 Å². The lowest BCUT2D eigenvalue weighted by atomic mass is 10.2. The zero-order valence-corrected chi connectivity index (χ0v) is 15.5. The minimum atomic E-state index is -0.266. The molecule has 7 heteroatoms. The predicted molar refractivity (Wildman–Crippen MR) is 100 cm³/mol. The van der Waals surface area contributed by atoms with Gasteiger partial charge in [0.15, 0.2) is 5.65 Å². The zero-order valence-electron chi connectivity index (χ0n) is 15.5. The number of hydrogen-bond acceptors (Lipinski definition) is 4. The quantitative estimate of drug-likeness (QED) is 0.705. The molecule has 0 bridgehead atoms. The van der Waals surface area contributed by atoms with E-state index in [1.165, 1.54) is 17.1 Å². The van der Waals surface area contributed by atoms with Crippen LogP contribution in [0.15, 0.2) is 47.7 Å². The number of amides is 1. The Balaban J connectivity index is 1.96. The summed E-state index contributed by atoms with van der Waals surface area (Å²) < 4.78 is 2.97. The number of hydrogen-bond donors (Lipinski definition) is 0. The average Bonchev–Trinajstić information content (AvgIpc) is 3.02. The summed E-state index contributed by atoms with van der Waals surface area (Å²) in [6.45, 7) is 7.82. The minimum Gasteiger partial charge on any atom is -0.336 e. The van der Waals surface area contributed by atoms with E-state index < -0.39 is 0 Å². The highest BCUT2D eigenvalue weighted by molar-refractivity contribution is 5.78. The topological polar surface area (TPSA) is 73.0 Å². The van der Waals surface area contributed by atoms with Crippen molar-refractivity contribution in [2.45, 2.75) is 46.3 Å². The highest BCUT2D eigenvalue weighted by atomic mass is 16.2. The fourth-order valence-electron chi connectivity index (χ4n) is 3.22. The van der Waals surface area contributed by atoms with Gasteiger partial charge in [0.1, 0.15) is 18.3 Å². The molecule has 7 nitrogen and oxygen atoms in total. The zero-order chi connectivity index (χ0) is 18.8. The maximum atomic E-state index is 12.8. The van der Waals surface area contributed by atoms with Crippen molar-refractivity contribution in [3.8, 4) is 5.69 Å². The van der Waals surface area contributed by atoms with Crippen molar-refractivity contribution >= 4 is 16.9 Å². The third-order valence-electron chi connectivity index (χ3n) is 4.26. The van der Waals surface area contributed by atoms with Gasteiger partial charge in [0.05, 0.1) is 11.9 Å². The number of rotatable bonds is 5. The predicted octanol–water partition coefficient (Wildman–Crippen LogP) is 2.23. The Labute approximate surface area is 151 Å². The van der Waals surface area contributed by atoms with E-state index in [1.807, 2.05) is 58.0 Å². The van der Waals surface area contributed by atoms with Gasteiger partial charge < -0.3 is 4.90 Å². The number of aromatic nitrogens is 4. The first-order valence-corrected chi connectivity index (χ1v) is 8.70. The SMILES string of the molecule is CC(C)N(C(=O)Cn1cnc2c(cnn2-c2ccccc2)c1=O)C(C)C. The number of nitrogens with zero attached hydrogens (tertiary/aromatic N) is 5. The molecule has 0 fully saturated rings. The van der Waals surface area contributed by atoms with Gasteiger partial charge in [-0.05, 0) is 39.8 Å². The lowest BCUT2D eigenvalue weighted by molar-refractivity contribution is -0.135. The third kappa shape index (κ3) is 3.24. The van der Waals surface area contributed by atoms with Gasteiger partial charge in [-0.3, -0.25) is 14.2 Å². The molecule has 0 N–H and O–H groups in total. The average molecular weight is 353 g/mol. The lowest BCUT2D eigenvalue weighted by Crippen LogP contribution is -2.44. The van der Waals surface area contributed by atoms with Crippen LogP contribution in [0.25, 0.3) is 16.7 Å². The van der Waals surface area contributed by atoms with Crippen LogP contribution in [-0.2, 0) is 11.3 Å². The maximum Gasteiger partial charge on any atom is 0.264 e. The summed E-state index contributed by atoms with van der Waals surface area (Å²) in [4.78, 5) is 31.5. The van der Waals surface area contributed by atoms with E-state index in [1.54, 1.807) is 9.58 Å². The van der Waals surface area contributed by atoms with Crippen LogP contribution in [0.4, 0.5) is 0 Å². The molecule has 0 spiro atoms. The van der Waals surface area contributed by atoms with Crippen LogP contribution in [0.3, 0.4) is 0 Å². The third-order valence-corrected chi connectivity index (χ3v) is 4.26. The van der Waals surface area contributed by atoms with Crippen molar-refractivity contribution in [1.29, 1.82) is 0 Å². The summed E-state index contributed by atoms with van der Waals surface area (Å²) >= 11 is 0. The summed E-state index contributed by atoms with van der Waals surface area (Å²) in [5, 5.41) is 4.68. The Kier molecular flexibility index (Phi) is 4.88. The molecular weight excluding hydrogens is 330 g/mol. The molecule has 0 saturated carbocycles. The van der Waals surface area contributed by atoms with Crippen molar-refractivity contribution in [3.05, 3.63) is 53.2 Å². The van der Waals surface area contributed by atoms with Crippen LogP contribution in [-0.4, -0.2) is 42.2 Å². The van der Waals surface area contributed by atoms with E-state index in [2.05, 4.69) is 10.1 Å². The van der Waals surface area contributed by atoms with Gasteiger partial charge in [-0.25, -0.2) is 9.67 Å². The summed E-state index contributed by atoms with van der Waals surface area (Å²) in [5.74, 6) is -0.103. The van der Waals surface area contributed by atoms with Gasteiger partial charge in [-0.15, -0.1) is 0 Å². The van der Waals surface area contributed by atoms with Gasteiger partial charge in [0.2, 0.25) is 5.91 Å². The van der Waals surface area contributed by atoms with Crippen molar-refractivity contribution < 1.29 is 4.79 Å². The summed E-state index contributed by atoms with van der Waals surface area (Å²) in [6.07, 6.45) is 2.92. The van der Waals surface area contributed by atoms with Gasteiger partial charge in [-0.1, -0.05) is 18.2 Å².